The van der Waals surface area contributed by atoms with Gasteiger partial charge in [-0.15, -0.1) is 5.10 Å². The predicted octanol–water partition coefficient (Wildman–Crippen LogP) is 2.32. The van der Waals surface area contributed by atoms with Crippen LogP contribution in [0.4, 0.5) is 0 Å². The van der Waals surface area contributed by atoms with Crippen molar-refractivity contribution in [2.45, 2.75) is 0 Å². The molecule has 0 saturated heterocycles. The van der Waals surface area contributed by atoms with Crippen LogP contribution < -0.4 is 11.5 Å². The Morgan fingerprint density at radius 1 is 1.17 bits per heavy atom. The van der Waals surface area contributed by atoms with Crippen LogP contribution in [0.25, 0.3) is 11.3 Å². The molecule has 0 radical (unpaired) electrons. The van der Waals surface area contributed by atoms with E-state index in [1.165, 1.54) is 6.21 Å². The smallest absolute Gasteiger partial charge is 0.211 e. The Labute approximate surface area is 112 Å². The van der Waals surface area contributed by atoms with Crippen molar-refractivity contribution in [1.29, 1.82) is 0 Å². The first-order valence-electron chi connectivity index (χ1n) is 5.13. The van der Waals surface area contributed by atoms with Gasteiger partial charge in [-0.1, -0.05) is 34.1 Å². The molecular formula is C12H11BrN4O. The molecule has 0 bridgehead atoms. The number of rotatable bonds is 3. The second-order valence-electron chi connectivity index (χ2n) is 3.45. The molecule has 0 unspecified atom stereocenters. The zero-order valence-corrected chi connectivity index (χ0v) is 11.0. The molecule has 0 aliphatic rings. The van der Waals surface area contributed by atoms with Crippen molar-refractivity contribution in [2.75, 3.05) is 0 Å². The lowest BCUT2D eigenvalue weighted by Gasteiger charge is -1.98. The van der Waals surface area contributed by atoms with Crippen LogP contribution in [0.3, 0.4) is 0 Å². The second-order valence-corrected chi connectivity index (χ2v) is 4.31. The van der Waals surface area contributed by atoms with E-state index in [9.17, 15) is 0 Å². The highest BCUT2D eigenvalue weighted by Gasteiger charge is 2.06. The summed E-state index contributed by atoms with van der Waals surface area (Å²) >= 11 is 3.47. The highest BCUT2D eigenvalue weighted by atomic mass is 79.9. The number of nitrogens with two attached hydrogens (primary N) is 2. The van der Waals surface area contributed by atoms with Crippen LogP contribution in [0.2, 0.25) is 0 Å². The van der Waals surface area contributed by atoms with Crippen molar-refractivity contribution >= 4 is 28.1 Å². The van der Waals surface area contributed by atoms with Gasteiger partial charge in [-0.3, -0.25) is 0 Å². The molecule has 0 amide bonds. The quantitative estimate of drug-likeness (QED) is 0.518. The summed E-state index contributed by atoms with van der Waals surface area (Å²) in [6.07, 6.45) is 1.44. The number of halogens is 1. The van der Waals surface area contributed by atoms with Crippen molar-refractivity contribution in [2.24, 2.45) is 21.7 Å². The lowest BCUT2D eigenvalue weighted by molar-refractivity contribution is 0.574. The zero-order chi connectivity index (χ0) is 13.0. The maximum atomic E-state index is 5.60. The minimum atomic E-state index is -0.0937. The predicted molar refractivity (Wildman–Crippen MR) is 75.2 cm³/mol. The fourth-order valence-electron chi connectivity index (χ4n) is 1.38. The minimum absolute atomic E-state index is 0.0937. The van der Waals surface area contributed by atoms with Gasteiger partial charge in [0.05, 0.1) is 6.21 Å². The van der Waals surface area contributed by atoms with Gasteiger partial charge in [0.2, 0.25) is 5.96 Å². The first-order chi connectivity index (χ1) is 8.66. The fourth-order valence-corrected chi connectivity index (χ4v) is 1.86. The lowest BCUT2D eigenvalue weighted by Crippen LogP contribution is -2.21. The number of hydrogen-bond acceptors (Lipinski definition) is 3. The molecule has 1 aromatic heterocycles. The van der Waals surface area contributed by atoms with Crippen molar-refractivity contribution in [3.63, 3.8) is 0 Å². The van der Waals surface area contributed by atoms with Crippen LogP contribution in [0.1, 0.15) is 5.76 Å². The summed E-state index contributed by atoms with van der Waals surface area (Å²) in [5, 5.41) is 7.17. The van der Waals surface area contributed by atoms with Gasteiger partial charge in [-0.05, 0) is 18.2 Å². The molecule has 2 rings (SSSR count). The van der Waals surface area contributed by atoms with Crippen molar-refractivity contribution in [3.05, 3.63) is 46.6 Å². The lowest BCUT2D eigenvalue weighted by atomic mass is 10.2. The monoisotopic (exact) mass is 306 g/mol. The summed E-state index contributed by atoms with van der Waals surface area (Å²) in [6, 6.07) is 11.4. The Bertz CT molecular complexity index is 600. The van der Waals surface area contributed by atoms with Crippen molar-refractivity contribution < 1.29 is 4.42 Å². The normalized spacial score (nSPS) is 10.7. The van der Waals surface area contributed by atoms with Gasteiger partial charge in [-0.25, -0.2) is 0 Å². The van der Waals surface area contributed by atoms with E-state index in [0.29, 0.717) is 5.76 Å². The first-order valence-corrected chi connectivity index (χ1v) is 5.93. The minimum Gasteiger partial charge on any atom is -0.455 e. The maximum absolute atomic E-state index is 5.60. The Morgan fingerprint density at radius 3 is 2.67 bits per heavy atom. The van der Waals surface area contributed by atoms with E-state index in [2.05, 4.69) is 26.1 Å². The van der Waals surface area contributed by atoms with Crippen LogP contribution in [0.5, 0.6) is 0 Å². The molecular weight excluding hydrogens is 296 g/mol. The molecule has 1 heterocycles. The zero-order valence-electron chi connectivity index (χ0n) is 9.38. The van der Waals surface area contributed by atoms with Crippen molar-refractivity contribution in [1.82, 2.24) is 0 Å². The van der Waals surface area contributed by atoms with Crippen LogP contribution in [0.15, 0.2) is 55.5 Å². The third-order valence-corrected chi connectivity index (χ3v) is 2.82. The Balaban J connectivity index is 2.24. The van der Waals surface area contributed by atoms with E-state index in [-0.39, 0.29) is 5.96 Å². The third kappa shape index (κ3) is 2.98. The van der Waals surface area contributed by atoms with Gasteiger partial charge < -0.3 is 15.9 Å². The molecule has 4 N–H and O–H groups in total. The van der Waals surface area contributed by atoms with Crippen LogP contribution in [-0.4, -0.2) is 12.2 Å². The molecule has 92 valence electrons. The van der Waals surface area contributed by atoms with Gasteiger partial charge in [0.25, 0.3) is 0 Å². The van der Waals surface area contributed by atoms with Gasteiger partial charge >= 0.3 is 0 Å². The molecule has 0 aliphatic carbocycles. The van der Waals surface area contributed by atoms with E-state index < -0.39 is 0 Å². The summed E-state index contributed by atoms with van der Waals surface area (Å²) in [5.41, 5.74) is 11.3. The molecule has 5 nitrogen and oxygen atoms in total. The average Bonchev–Trinajstić information content (AvgIpc) is 2.78. The van der Waals surface area contributed by atoms with E-state index >= 15 is 0 Å². The van der Waals surface area contributed by atoms with E-state index in [0.717, 1.165) is 15.8 Å². The van der Waals surface area contributed by atoms with Gasteiger partial charge in [-0.2, -0.15) is 5.10 Å². The Hall–Kier alpha value is -2.08. The van der Waals surface area contributed by atoms with E-state index in [4.69, 9.17) is 15.9 Å². The molecule has 0 saturated carbocycles. The molecule has 0 fully saturated rings. The highest BCUT2D eigenvalue weighted by Crippen LogP contribution is 2.28. The molecule has 0 atom stereocenters. The third-order valence-electron chi connectivity index (χ3n) is 2.12. The molecule has 18 heavy (non-hydrogen) atoms. The highest BCUT2D eigenvalue weighted by molar-refractivity contribution is 9.10. The molecule has 6 heteroatoms. The molecule has 2 aromatic rings. The average molecular weight is 307 g/mol. The molecule has 0 spiro atoms. The topological polar surface area (TPSA) is 89.9 Å². The largest absolute Gasteiger partial charge is 0.455 e. The molecule has 1 aromatic carbocycles. The summed E-state index contributed by atoms with van der Waals surface area (Å²) < 4.78 is 6.57. The van der Waals surface area contributed by atoms with Gasteiger partial charge in [0.1, 0.15) is 11.5 Å². The van der Waals surface area contributed by atoms with Crippen LogP contribution in [0, 0.1) is 0 Å². The summed E-state index contributed by atoms with van der Waals surface area (Å²) in [4.78, 5) is 0. The van der Waals surface area contributed by atoms with Crippen molar-refractivity contribution in [3.8, 4) is 11.3 Å². The first kappa shape index (κ1) is 12.4. The summed E-state index contributed by atoms with van der Waals surface area (Å²) in [5.74, 6) is 1.23. The number of furan rings is 1. The fraction of sp³-hybridized carbons (Fsp3) is 0. The number of nitrogens with zero attached hydrogens (tertiary/aromatic N) is 2. The summed E-state index contributed by atoms with van der Waals surface area (Å²) in [7, 11) is 0. The van der Waals surface area contributed by atoms with E-state index in [1.54, 1.807) is 6.07 Å². The maximum Gasteiger partial charge on any atom is 0.211 e. The van der Waals surface area contributed by atoms with E-state index in [1.807, 2.05) is 30.3 Å². The number of guanidine groups is 1. The number of hydrogen-bond donors (Lipinski definition) is 2. The second kappa shape index (κ2) is 5.50. The molecule has 0 aliphatic heterocycles. The standard InChI is InChI=1S/C12H11BrN4O/c13-10-4-2-1-3-9(10)11-6-5-8(18-11)7-16-17-12(14)15/h1-7H,(H4,14,15,17)/b16-7+. The van der Waals surface area contributed by atoms with Crippen LogP contribution >= 0.6 is 15.9 Å². The Kier molecular flexibility index (Phi) is 3.78. The SMILES string of the molecule is NC(N)=N/N=C/c1ccc(-c2ccccc2Br)o1. The number of benzene rings is 1. The summed E-state index contributed by atoms with van der Waals surface area (Å²) in [6.45, 7) is 0. The van der Waals surface area contributed by atoms with Crippen LogP contribution in [-0.2, 0) is 0 Å². The Morgan fingerprint density at radius 2 is 1.94 bits per heavy atom. The van der Waals surface area contributed by atoms with Gasteiger partial charge in [0, 0.05) is 10.0 Å². The van der Waals surface area contributed by atoms with Gasteiger partial charge in [0.15, 0.2) is 0 Å².